The van der Waals surface area contributed by atoms with Gasteiger partial charge in [0.05, 0.1) is 11.3 Å². The van der Waals surface area contributed by atoms with Gasteiger partial charge in [-0.2, -0.15) is 0 Å². The molecule has 7 heteroatoms. The number of benzene rings is 1. The lowest BCUT2D eigenvalue weighted by molar-refractivity contribution is -0.378. The number of hydrogen-bond donors (Lipinski definition) is 1. The minimum atomic E-state index is -0.549. The van der Waals surface area contributed by atoms with Crippen LogP contribution in [0.3, 0.4) is 0 Å². The Morgan fingerprint density at radius 2 is 1.85 bits per heavy atom. The molecule has 3 aromatic rings. The van der Waals surface area contributed by atoms with Crippen molar-refractivity contribution in [2.75, 3.05) is 0 Å². The molecule has 0 aliphatic rings. The van der Waals surface area contributed by atoms with Crippen molar-refractivity contribution in [1.29, 1.82) is 0 Å². The molecule has 0 aliphatic heterocycles. The molecule has 0 aliphatic carbocycles. The van der Waals surface area contributed by atoms with Gasteiger partial charge in [0.15, 0.2) is 17.2 Å². The number of H-pyrrole nitrogens is 2. The van der Waals surface area contributed by atoms with Gasteiger partial charge in [0.1, 0.15) is 0 Å². The van der Waals surface area contributed by atoms with Crippen LogP contribution < -0.4 is 15.6 Å². The van der Waals surface area contributed by atoms with Crippen molar-refractivity contribution in [2.24, 2.45) is 4.99 Å². The molecule has 136 valence electrons. The minimum Gasteiger partial charge on any atom is -0.859 e. The van der Waals surface area contributed by atoms with Crippen molar-refractivity contribution in [2.45, 2.75) is 13.0 Å². The van der Waals surface area contributed by atoms with Crippen LogP contribution in [0.2, 0.25) is 0 Å². The molecular weight excluding hydrogens is 360 g/mol. The van der Waals surface area contributed by atoms with Crippen molar-refractivity contribution >= 4 is 24.1 Å². The van der Waals surface area contributed by atoms with E-state index in [0.717, 1.165) is 12.0 Å². The Labute approximate surface area is 161 Å². The van der Waals surface area contributed by atoms with Crippen LogP contribution >= 0.6 is 12.2 Å². The third kappa shape index (κ3) is 4.45. The quantitative estimate of drug-likeness (QED) is 0.406. The number of aromatic nitrogens is 3. The summed E-state index contributed by atoms with van der Waals surface area (Å²) in [4.78, 5) is 21.8. The fraction of sp³-hybridized carbons (Fsp3) is 0.100. The molecule has 0 saturated heterocycles. The van der Waals surface area contributed by atoms with E-state index in [1.807, 2.05) is 48.8 Å². The van der Waals surface area contributed by atoms with E-state index < -0.39 is 11.4 Å². The zero-order valence-corrected chi connectivity index (χ0v) is 15.3. The number of aromatic amines is 2. The fourth-order valence-electron chi connectivity index (χ4n) is 2.59. The van der Waals surface area contributed by atoms with Gasteiger partial charge in [0.25, 0.3) is 5.56 Å². The highest BCUT2D eigenvalue weighted by atomic mass is 32.1. The van der Waals surface area contributed by atoms with Gasteiger partial charge in [-0.05, 0) is 47.8 Å². The lowest BCUT2D eigenvalue weighted by atomic mass is 10.1. The van der Waals surface area contributed by atoms with E-state index in [1.165, 1.54) is 16.3 Å². The van der Waals surface area contributed by atoms with Gasteiger partial charge in [-0.25, -0.2) is 4.98 Å². The fourth-order valence-corrected chi connectivity index (χ4v) is 2.84. The van der Waals surface area contributed by atoms with Crippen molar-refractivity contribution < 1.29 is 10.1 Å². The maximum absolute atomic E-state index is 12.4. The summed E-state index contributed by atoms with van der Waals surface area (Å²) < 4.78 is 1.34. The number of allylic oxidation sites excluding steroid dienone is 1. The summed E-state index contributed by atoms with van der Waals surface area (Å²) in [7, 11) is 0. The lowest BCUT2D eigenvalue weighted by Crippen LogP contribution is -2.22. The van der Waals surface area contributed by atoms with Crippen LogP contribution in [0.5, 0.6) is 5.88 Å². The average Bonchev–Trinajstić information content (AvgIpc) is 2.67. The van der Waals surface area contributed by atoms with Crippen molar-refractivity contribution in [3.05, 3.63) is 93.3 Å². The van der Waals surface area contributed by atoms with E-state index >= 15 is 0 Å². The molecule has 2 N–H and O–H groups in total. The molecule has 2 heterocycles. The standard InChI is InChI=1S/C20H18N4O2S/c1-2-11-24-19(26)17(18(25)23-20(24)27)13-22-16-5-3-14(4-6-16)12-15-7-9-21-10-8-15/h2-10,13,26H,1,11-12H2,(H,23,25,27). The molecule has 0 radical (unpaired) electrons. The zero-order valence-electron chi connectivity index (χ0n) is 14.5. The predicted molar refractivity (Wildman–Crippen MR) is 105 cm³/mol. The molecule has 1 aromatic carbocycles. The van der Waals surface area contributed by atoms with Crippen molar-refractivity contribution in [3.8, 4) is 5.88 Å². The number of aliphatic imine (C=N–C) groups is 1. The first kappa shape index (κ1) is 18.5. The van der Waals surface area contributed by atoms with E-state index in [1.54, 1.807) is 6.08 Å². The summed E-state index contributed by atoms with van der Waals surface area (Å²) in [5.74, 6) is -0.482. The minimum absolute atomic E-state index is 0.0601. The Morgan fingerprint density at radius 1 is 1.19 bits per heavy atom. The molecule has 3 rings (SSSR count). The Hall–Kier alpha value is -3.32. The highest BCUT2D eigenvalue weighted by Crippen LogP contribution is 2.16. The number of hydrogen-bond acceptors (Lipinski definition) is 4. The van der Waals surface area contributed by atoms with E-state index in [2.05, 4.69) is 21.5 Å². The molecule has 0 spiro atoms. The first-order chi connectivity index (χ1) is 13.1. The Balaban J connectivity index is 1.82. The molecule has 27 heavy (non-hydrogen) atoms. The van der Waals surface area contributed by atoms with Gasteiger partial charge in [-0.15, -0.1) is 6.58 Å². The molecular formula is C20H18N4O2S. The van der Waals surface area contributed by atoms with E-state index in [4.69, 9.17) is 12.2 Å². The number of pyridine rings is 1. The summed E-state index contributed by atoms with van der Waals surface area (Å²) in [5, 5.41) is 12.4. The van der Waals surface area contributed by atoms with Crippen molar-refractivity contribution in [1.82, 2.24) is 9.55 Å². The van der Waals surface area contributed by atoms with Gasteiger partial charge < -0.3 is 9.67 Å². The number of nitrogens with zero attached hydrogens (tertiary/aromatic N) is 2. The van der Waals surface area contributed by atoms with Gasteiger partial charge in [0, 0.05) is 24.9 Å². The molecule has 2 aromatic heterocycles. The largest absolute Gasteiger partial charge is 0.859 e. The molecule has 0 amide bonds. The van der Waals surface area contributed by atoms with E-state index in [0.29, 0.717) is 5.69 Å². The molecule has 0 atom stereocenters. The van der Waals surface area contributed by atoms with Gasteiger partial charge >= 0.3 is 0 Å². The van der Waals surface area contributed by atoms with Crippen LogP contribution in [0.15, 0.2) is 71.2 Å². The zero-order chi connectivity index (χ0) is 19.2. The molecule has 0 unspecified atom stereocenters. The lowest BCUT2D eigenvalue weighted by Gasteiger charge is -2.17. The summed E-state index contributed by atoms with van der Waals surface area (Å²) >= 11 is 5.01. The summed E-state index contributed by atoms with van der Waals surface area (Å²) in [6.45, 7) is 3.81. The number of rotatable bonds is 6. The SMILES string of the molecule is C=CCn1c([O-])c(C=Nc2ccc(Cc3cc[nH+]cc3)cc2)c(=O)[nH]c1=S. The summed E-state index contributed by atoms with van der Waals surface area (Å²) in [5.41, 5.74) is 2.38. The monoisotopic (exact) mass is 378 g/mol. The van der Waals surface area contributed by atoms with Crippen LogP contribution in [0, 0.1) is 4.77 Å². The van der Waals surface area contributed by atoms with E-state index in [9.17, 15) is 9.90 Å². The van der Waals surface area contributed by atoms with Crippen LogP contribution in [-0.2, 0) is 13.0 Å². The maximum atomic E-state index is 12.4. The maximum Gasteiger partial charge on any atom is 0.259 e. The topological polar surface area (TPSA) is 87.3 Å². The molecule has 0 saturated carbocycles. The first-order valence-corrected chi connectivity index (χ1v) is 8.72. The third-order valence-electron chi connectivity index (χ3n) is 3.97. The summed E-state index contributed by atoms with van der Waals surface area (Å²) in [6, 6.07) is 11.7. The molecule has 0 bridgehead atoms. The second-order valence-electron chi connectivity index (χ2n) is 5.89. The highest BCUT2D eigenvalue weighted by Gasteiger charge is 2.04. The normalized spacial score (nSPS) is 11.0. The van der Waals surface area contributed by atoms with Gasteiger partial charge in [-0.3, -0.25) is 14.8 Å². The second-order valence-corrected chi connectivity index (χ2v) is 6.27. The van der Waals surface area contributed by atoms with Crippen LogP contribution in [-0.4, -0.2) is 15.8 Å². The third-order valence-corrected chi connectivity index (χ3v) is 4.29. The van der Waals surface area contributed by atoms with Crippen LogP contribution in [0.25, 0.3) is 0 Å². The molecule has 0 fully saturated rings. The molecule has 6 nitrogen and oxygen atoms in total. The van der Waals surface area contributed by atoms with Crippen LogP contribution in [0.1, 0.15) is 16.7 Å². The average molecular weight is 378 g/mol. The Morgan fingerprint density at radius 3 is 2.52 bits per heavy atom. The van der Waals surface area contributed by atoms with Crippen molar-refractivity contribution in [3.63, 3.8) is 0 Å². The summed E-state index contributed by atoms with van der Waals surface area (Å²) in [6.07, 6.45) is 7.40. The van der Waals surface area contributed by atoms with Gasteiger partial charge in [0.2, 0.25) is 0 Å². The van der Waals surface area contributed by atoms with Crippen LogP contribution in [0.4, 0.5) is 5.69 Å². The van der Waals surface area contributed by atoms with E-state index in [-0.39, 0.29) is 16.9 Å². The first-order valence-electron chi connectivity index (χ1n) is 8.31. The smallest absolute Gasteiger partial charge is 0.259 e. The Bertz CT molecular complexity index is 1080. The second kappa shape index (κ2) is 8.37. The predicted octanol–water partition coefficient (Wildman–Crippen LogP) is 2.32. The Kier molecular flexibility index (Phi) is 5.73. The highest BCUT2D eigenvalue weighted by molar-refractivity contribution is 7.71. The van der Waals surface area contributed by atoms with Gasteiger partial charge in [-0.1, -0.05) is 18.2 Å². The number of nitrogens with one attached hydrogen (secondary N) is 2.